The van der Waals surface area contributed by atoms with Crippen molar-refractivity contribution in [2.75, 3.05) is 13.2 Å². The first kappa shape index (κ1) is 44.0. The van der Waals surface area contributed by atoms with Crippen LogP contribution in [0.2, 0.25) is 5.04 Å². The van der Waals surface area contributed by atoms with Crippen LogP contribution in [0.3, 0.4) is 0 Å². The third kappa shape index (κ3) is 8.65. The second-order valence-electron chi connectivity index (χ2n) is 20.2. The SMILES string of the molecule is CC(C)(C)[Si](OC[C@]1(C)O[C@@H]2C[C@]3(C)O[C@@H]4C[C@]5(C)O[C@H](COCc6ccccc6)[C@@H](OCc6ccccc6)C[C@H]5O[C@H]4C[C@H]3O[C@H]2C[C@H]1O)(c1ccccc1)c1ccccc1. The van der Waals surface area contributed by atoms with Gasteiger partial charge in [-0.2, -0.15) is 0 Å². The average Bonchev–Trinajstić information content (AvgIpc) is 3.25. The van der Waals surface area contributed by atoms with Crippen LogP contribution in [0.15, 0.2) is 121 Å². The lowest BCUT2D eigenvalue weighted by Crippen LogP contribution is -2.71. The molecular weight excluding hydrogens is 797 g/mol. The Kier molecular flexibility index (Phi) is 12.5. The number of aliphatic hydroxyl groups is 1. The van der Waals surface area contributed by atoms with E-state index in [9.17, 15) is 5.11 Å². The zero-order valence-corrected chi connectivity index (χ0v) is 38.3. The number of rotatable bonds is 12. The van der Waals surface area contributed by atoms with Gasteiger partial charge in [0.25, 0.3) is 8.32 Å². The molecule has 0 bridgehead atoms. The number of ether oxygens (including phenoxy) is 7. The summed E-state index contributed by atoms with van der Waals surface area (Å²) in [5.74, 6) is 0. The number of hydrogen-bond donors (Lipinski definition) is 1. The second kappa shape index (κ2) is 17.6. The summed E-state index contributed by atoms with van der Waals surface area (Å²) < 4.78 is 55.4. The highest BCUT2D eigenvalue weighted by molar-refractivity contribution is 6.99. The number of fused-ring (bicyclic) bond motifs is 4. The summed E-state index contributed by atoms with van der Waals surface area (Å²) in [6.45, 7) is 14.8. The summed E-state index contributed by atoms with van der Waals surface area (Å²) in [6, 6.07) is 41.8. The van der Waals surface area contributed by atoms with Gasteiger partial charge in [0, 0.05) is 32.1 Å². The average molecular weight is 863 g/mol. The summed E-state index contributed by atoms with van der Waals surface area (Å²) in [4.78, 5) is 0. The van der Waals surface area contributed by atoms with Crippen molar-refractivity contribution in [2.45, 2.75) is 164 Å². The highest BCUT2D eigenvalue weighted by atomic mass is 28.4. The Morgan fingerprint density at radius 1 is 0.613 bits per heavy atom. The summed E-state index contributed by atoms with van der Waals surface area (Å²) in [5.41, 5.74) is 0.0608. The number of aliphatic hydroxyl groups excluding tert-OH is 1. The molecule has 9 rings (SSSR count). The van der Waals surface area contributed by atoms with Gasteiger partial charge in [0.05, 0.1) is 86.5 Å². The molecular formula is C52H66O9Si. The van der Waals surface area contributed by atoms with Crippen LogP contribution < -0.4 is 10.4 Å². The predicted octanol–water partition coefficient (Wildman–Crippen LogP) is 7.68. The van der Waals surface area contributed by atoms with E-state index >= 15 is 0 Å². The molecule has 1 N–H and O–H groups in total. The van der Waals surface area contributed by atoms with E-state index < -0.39 is 31.2 Å². The smallest absolute Gasteiger partial charge is 0.261 e. The first-order chi connectivity index (χ1) is 29.8. The van der Waals surface area contributed by atoms with Crippen LogP contribution in [-0.4, -0.2) is 98.4 Å². The van der Waals surface area contributed by atoms with Crippen LogP contribution in [0.1, 0.15) is 84.8 Å². The van der Waals surface area contributed by atoms with E-state index in [0.29, 0.717) is 51.9 Å². The summed E-state index contributed by atoms with van der Waals surface area (Å²) in [6.07, 6.45) is 0.583. The van der Waals surface area contributed by atoms with Crippen molar-refractivity contribution in [1.29, 1.82) is 0 Å². The highest BCUT2D eigenvalue weighted by Gasteiger charge is 2.62. The maximum absolute atomic E-state index is 11.9. The second-order valence-corrected chi connectivity index (χ2v) is 24.5. The van der Waals surface area contributed by atoms with Gasteiger partial charge in [-0.3, -0.25) is 0 Å². The van der Waals surface area contributed by atoms with E-state index in [4.69, 9.17) is 37.6 Å². The van der Waals surface area contributed by atoms with Gasteiger partial charge in [-0.05, 0) is 47.3 Å². The molecule has 4 aromatic carbocycles. The minimum absolute atomic E-state index is 0.161. The van der Waals surface area contributed by atoms with Crippen LogP contribution in [0, 0.1) is 0 Å². The maximum Gasteiger partial charge on any atom is 0.261 e. The molecule has 5 fully saturated rings. The monoisotopic (exact) mass is 862 g/mol. The largest absolute Gasteiger partial charge is 0.404 e. The summed E-state index contributed by atoms with van der Waals surface area (Å²) in [7, 11) is -2.88. The van der Waals surface area contributed by atoms with Gasteiger partial charge in [-0.25, -0.2) is 0 Å². The molecule has 0 saturated carbocycles. The fourth-order valence-corrected chi connectivity index (χ4v) is 15.7. The van der Waals surface area contributed by atoms with Gasteiger partial charge in [-0.1, -0.05) is 142 Å². The topological polar surface area (TPSA) is 94.1 Å². The van der Waals surface area contributed by atoms with Gasteiger partial charge in [0.1, 0.15) is 11.7 Å². The van der Waals surface area contributed by atoms with Crippen LogP contribution >= 0.6 is 0 Å². The highest BCUT2D eigenvalue weighted by Crippen LogP contribution is 2.51. The Balaban J connectivity index is 0.897. The third-order valence-electron chi connectivity index (χ3n) is 14.5. The van der Waals surface area contributed by atoms with Crippen molar-refractivity contribution >= 4 is 18.7 Å². The van der Waals surface area contributed by atoms with Crippen LogP contribution in [0.5, 0.6) is 0 Å². The van der Waals surface area contributed by atoms with Gasteiger partial charge in [0.15, 0.2) is 0 Å². The third-order valence-corrected chi connectivity index (χ3v) is 19.5. The Morgan fingerprint density at radius 2 is 1.11 bits per heavy atom. The summed E-state index contributed by atoms with van der Waals surface area (Å²) in [5, 5.41) is 14.1. The van der Waals surface area contributed by atoms with Crippen LogP contribution in [0.25, 0.3) is 0 Å². The van der Waals surface area contributed by atoms with Gasteiger partial charge in [0.2, 0.25) is 0 Å². The lowest BCUT2D eigenvalue weighted by Gasteiger charge is -2.61. The van der Waals surface area contributed by atoms with E-state index in [-0.39, 0.29) is 60.5 Å². The molecule has 5 aliphatic heterocycles. The fourth-order valence-electron chi connectivity index (χ4n) is 11.1. The molecule has 5 saturated heterocycles. The molecule has 62 heavy (non-hydrogen) atoms. The molecule has 0 unspecified atom stereocenters. The molecule has 10 heteroatoms. The molecule has 332 valence electrons. The van der Waals surface area contributed by atoms with E-state index in [1.807, 2.05) is 43.3 Å². The Hall–Kier alpha value is -3.26. The van der Waals surface area contributed by atoms with E-state index in [0.717, 1.165) is 11.1 Å². The Bertz CT molecular complexity index is 2030. The predicted molar refractivity (Wildman–Crippen MR) is 241 cm³/mol. The number of hydrogen-bond acceptors (Lipinski definition) is 9. The van der Waals surface area contributed by atoms with E-state index in [1.165, 1.54) is 10.4 Å². The zero-order valence-electron chi connectivity index (χ0n) is 37.3. The first-order valence-corrected chi connectivity index (χ1v) is 24.7. The fraction of sp³-hybridized carbons (Fsp3) is 0.538. The molecule has 0 radical (unpaired) electrons. The van der Waals surface area contributed by atoms with Crippen molar-refractivity contribution in [3.63, 3.8) is 0 Å². The molecule has 0 aliphatic carbocycles. The van der Waals surface area contributed by atoms with Crippen molar-refractivity contribution in [3.05, 3.63) is 132 Å². The van der Waals surface area contributed by atoms with Gasteiger partial charge in [-0.15, -0.1) is 0 Å². The first-order valence-electron chi connectivity index (χ1n) is 22.8. The minimum atomic E-state index is -2.88. The lowest BCUT2D eigenvalue weighted by molar-refractivity contribution is -0.363. The molecule has 5 aliphatic rings. The van der Waals surface area contributed by atoms with E-state index in [1.54, 1.807) is 0 Å². The minimum Gasteiger partial charge on any atom is -0.404 e. The molecule has 0 amide bonds. The van der Waals surface area contributed by atoms with Crippen LogP contribution in [0.4, 0.5) is 0 Å². The van der Waals surface area contributed by atoms with Crippen molar-refractivity contribution in [1.82, 2.24) is 0 Å². The van der Waals surface area contributed by atoms with Crippen LogP contribution in [-0.2, 0) is 50.8 Å². The normalized spacial score (nSPS) is 35.8. The van der Waals surface area contributed by atoms with Gasteiger partial charge >= 0.3 is 0 Å². The van der Waals surface area contributed by atoms with Crippen molar-refractivity contribution in [3.8, 4) is 0 Å². The van der Waals surface area contributed by atoms with E-state index in [2.05, 4.69) is 120 Å². The molecule has 5 heterocycles. The molecule has 4 aromatic rings. The Morgan fingerprint density at radius 3 is 1.69 bits per heavy atom. The standard InChI is InChI=1S/C52H66O9Si/c1-49(2,3)62(38-23-15-9-16-24-38,39-25-17-10-18-26-39)56-35-52(6)46(53)27-41-43(60-52)30-50(4)48(57-41)29-42-44(59-50)31-51(5)47(58-42)28-40(55-33-37-21-13-8-14-22-37)45(61-51)34-54-32-36-19-11-7-12-20-36/h7-26,40-48,53H,27-35H2,1-6H3/t40-,41-,42-,43+,44+,45+,46+,47+,48+,50-,51-,52-/m0/s1. The molecule has 9 nitrogen and oxygen atoms in total. The van der Waals surface area contributed by atoms with Crippen molar-refractivity contribution < 1.29 is 42.7 Å². The Labute approximate surface area is 369 Å². The molecule has 0 spiro atoms. The lowest BCUT2D eigenvalue weighted by atomic mass is 9.74. The summed E-state index contributed by atoms with van der Waals surface area (Å²) >= 11 is 0. The number of benzene rings is 4. The molecule has 0 aromatic heterocycles. The van der Waals surface area contributed by atoms with Gasteiger partial charge < -0.3 is 42.7 Å². The molecule has 12 atom stereocenters. The quantitative estimate of drug-likeness (QED) is 0.144. The van der Waals surface area contributed by atoms with Crippen molar-refractivity contribution in [2.24, 2.45) is 0 Å². The maximum atomic E-state index is 11.9. The zero-order chi connectivity index (χ0) is 43.2.